The third-order valence-electron chi connectivity index (χ3n) is 3.59. The van der Waals surface area contributed by atoms with E-state index in [1.54, 1.807) is 25.8 Å². The van der Waals surface area contributed by atoms with Crippen LogP contribution in [-0.2, 0) is 9.53 Å². The lowest BCUT2D eigenvalue weighted by molar-refractivity contribution is -0.118. The van der Waals surface area contributed by atoms with Crippen LogP contribution in [-0.4, -0.2) is 43.6 Å². The zero-order valence-corrected chi connectivity index (χ0v) is 13.4. The topological polar surface area (TPSA) is 59.9 Å². The third kappa shape index (κ3) is 3.18. The van der Waals surface area contributed by atoms with Gasteiger partial charge in [0.15, 0.2) is 5.78 Å². The van der Waals surface area contributed by atoms with E-state index in [2.05, 4.69) is 10.3 Å². The number of aliphatic imine (C=N–C) groups is 1. The molecule has 1 atom stereocenters. The van der Waals surface area contributed by atoms with Crippen molar-refractivity contribution in [2.75, 3.05) is 26.1 Å². The number of methoxy groups -OCH3 is 1. The first-order chi connectivity index (χ1) is 10.7. The molecular weight excluding hydrogens is 300 g/mol. The Balaban J connectivity index is 1.85. The second kappa shape index (κ2) is 6.54. The molecule has 0 radical (unpaired) electrons. The predicted octanol–water partition coefficient (Wildman–Crippen LogP) is 2.30. The monoisotopic (exact) mass is 318 g/mol. The van der Waals surface area contributed by atoms with Crippen LogP contribution in [0.4, 0.5) is 5.69 Å². The van der Waals surface area contributed by atoms with Crippen LogP contribution in [0.15, 0.2) is 39.9 Å². The summed E-state index contributed by atoms with van der Waals surface area (Å²) in [6.07, 6.45) is 0. The lowest BCUT2D eigenvalue weighted by atomic mass is 10.2. The Morgan fingerprint density at radius 3 is 2.82 bits per heavy atom. The van der Waals surface area contributed by atoms with Gasteiger partial charge in [0.05, 0.1) is 48.4 Å². The Morgan fingerprint density at radius 2 is 2.14 bits per heavy atom. The van der Waals surface area contributed by atoms with Crippen molar-refractivity contribution < 1.29 is 14.3 Å². The Bertz CT molecular complexity index is 637. The molecule has 1 N–H and O–H groups in total. The van der Waals surface area contributed by atoms with Crippen molar-refractivity contribution in [3.05, 3.63) is 34.9 Å². The number of Topliss-reactive ketones (excluding diaryl/α,β-unsaturated/α-hetero) is 1. The van der Waals surface area contributed by atoms with Crippen molar-refractivity contribution in [2.24, 2.45) is 4.99 Å². The number of hydrogen-bond acceptors (Lipinski definition) is 6. The first-order valence-electron chi connectivity index (χ1n) is 7.10. The Hall–Kier alpha value is -1.79. The Kier molecular flexibility index (Phi) is 4.49. The standard InChI is InChI=1S/C16H18N2O3S/c1-10(19)15-9-22-16-13(7-21-8-14(16)18-15)17-11-3-5-12(20-2)6-4-11/h3-6,15,18H,7-9H2,1-2H3/b17-13+. The molecule has 5 nitrogen and oxygen atoms in total. The fourth-order valence-electron chi connectivity index (χ4n) is 2.37. The van der Waals surface area contributed by atoms with E-state index >= 15 is 0 Å². The van der Waals surface area contributed by atoms with Crippen molar-refractivity contribution in [3.63, 3.8) is 0 Å². The van der Waals surface area contributed by atoms with E-state index in [9.17, 15) is 4.79 Å². The zero-order valence-electron chi connectivity index (χ0n) is 12.6. The van der Waals surface area contributed by atoms with Crippen LogP contribution in [0.25, 0.3) is 0 Å². The molecule has 22 heavy (non-hydrogen) atoms. The number of ether oxygens (including phenoxy) is 2. The number of benzene rings is 1. The fourth-order valence-corrected chi connectivity index (χ4v) is 3.58. The van der Waals surface area contributed by atoms with Gasteiger partial charge in [0.1, 0.15) is 5.75 Å². The van der Waals surface area contributed by atoms with Gasteiger partial charge >= 0.3 is 0 Å². The summed E-state index contributed by atoms with van der Waals surface area (Å²) in [4.78, 5) is 17.3. The number of hydrogen-bond donors (Lipinski definition) is 1. The molecule has 0 fully saturated rings. The molecule has 0 saturated carbocycles. The summed E-state index contributed by atoms with van der Waals surface area (Å²) >= 11 is 1.68. The summed E-state index contributed by atoms with van der Waals surface area (Å²) in [6.45, 7) is 2.61. The largest absolute Gasteiger partial charge is 0.497 e. The van der Waals surface area contributed by atoms with Crippen molar-refractivity contribution >= 4 is 28.9 Å². The second-order valence-electron chi connectivity index (χ2n) is 5.18. The molecule has 0 spiro atoms. The lowest BCUT2D eigenvalue weighted by Crippen LogP contribution is -2.44. The van der Waals surface area contributed by atoms with Gasteiger partial charge in [-0.15, -0.1) is 11.8 Å². The number of carbonyl (C=O) groups excluding carboxylic acids is 1. The van der Waals surface area contributed by atoms with E-state index in [0.29, 0.717) is 13.2 Å². The minimum absolute atomic E-state index is 0.132. The summed E-state index contributed by atoms with van der Waals surface area (Å²) in [5.74, 6) is 1.69. The third-order valence-corrected chi connectivity index (χ3v) is 4.86. The first kappa shape index (κ1) is 15.1. The van der Waals surface area contributed by atoms with Gasteiger partial charge in [0.2, 0.25) is 0 Å². The molecule has 116 valence electrons. The van der Waals surface area contributed by atoms with Crippen LogP contribution < -0.4 is 10.1 Å². The highest BCUT2D eigenvalue weighted by molar-refractivity contribution is 8.04. The van der Waals surface area contributed by atoms with Crippen LogP contribution in [0.2, 0.25) is 0 Å². The quantitative estimate of drug-likeness (QED) is 0.927. The first-order valence-corrected chi connectivity index (χ1v) is 8.08. The molecule has 3 rings (SSSR count). The molecule has 1 unspecified atom stereocenters. The molecule has 0 aromatic heterocycles. The number of ketones is 1. The summed E-state index contributed by atoms with van der Waals surface area (Å²) in [5, 5.41) is 3.27. The Morgan fingerprint density at radius 1 is 1.36 bits per heavy atom. The van der Waals surface area contributed by atoms with Gasteiger partial charge in [0.25, 0.3) is 0 Å². The fraction of sp³-hybridized carbons (Fsp3) is 0.375. The predicted molar refractivity (Wildman–Crippen MR) is 88.0 cm³/mol. The van der Waals surface area contributed by atoms with Gasteiger partial charge in [-0.05, 0) is 31.2 Å². The molecule has 0 bridgehead atoms. The molecule has 2 aliphatic rings. The summed E-state index contributed by atoms with van der Waals surface area (Å²) in [6, 6.07) is 7.47. The maximum absolute atomic E-state index is 11.5. The molecule has 2 heterocycles. The van der Waals surface area contributed by atoms with E-state index < -0.39 is 0 Å². The van der Waals surface area contributed by atoms with Gasteiger partial charge < -0.3 is 14.8 Å². The molecular formula is C16H18N2O3S. The van der Waals surface area contributed by atoms with Gasteiger partial charge in [-0.1, -0.05) is 0 Å². The minimum atomic E-state index is -0.132. The number of nitrogens with one attached hydrogen (secondary N) is 1. The van der Waals surface area contributed by atoms with Crippen LogP contribution in [0.1, 0.15) is 6.92 Å². The van der Waals surface area contributed by atoms with Crippen molar-refractivity contribution in [1.29, 1.82) is 0 Å². The van der Waals surface area contributed by atoms with E-state index in [1.165, 1.54) is 0 Å². The molecule has 0 aliphatic carbocycles. The minimum Gasteiger partial charge on any atom is -0.497 e. The van der Waals surface area contributed by atoms with E-state index in [0.717, 1.165) is 33.5 Å². The Labute approximate surface area is 133 Å². The number of nitrogens with zero attached hydrogens (tertiary/aromatic N) is 1. The molecule has 1 aromatic rings. The molecule has 0 amide bonds. The summed E-state index contributed by atoms with van der Waals surface area (Å²) in [7, 11) is 1.64. The van der Waals surface area contributed by atoms with E-state index in [1.807, 2.05) is 24.3 Å². The smallest absolute Gasteiger partial charge is 0.152 e. The van der Waals surface area contributed by atoms with E-state index in [4.69, 9.17) is 9.47 Å². The highest BCUT2D eigenvalue weighted by Gasteiger charge is 2.29. The van der Waals surface area contributed by atoms with Crippen molar-refractivity contribution in [3.8, 4) is 5.75 Å². The second-order valence-corrected chi connectivity index (χ2v) is 6.21. The van der Waals surface area contributed by atoms with Gasteiger partial charge in [-0.3, -0.25) is 4.79 Å². The van der Waals surface area contributed by atoms with Crippen molar-refractivity contribution in [2.45, 2.75) is 13.0 Å². The average Bonchev–Trinajstić information content (AvgIpc) is 2.55. The SMILES string of the molecule is COc1ccc(/N=C2\COCC3=C2SCC(C(C)=O)N3)cc1. The van der Waals surface area contributed by atoms with Crippen LogP contribution in [0, 0.1) is 0 Å². The molecule has 0 saturated heterocycles. The summed E-state index contributed by atoms with van der Waals surface area (Å²) in [5.41, 5.74) is 2.74. The highest BCUT2D eigenvalue weighted by atomic mass is 32.2. The number of rotatable bonds is 3. The maximum atomic E-state index is 11.5. The van der Waals surface area contributed by atoms with Gasteiger partial charge in [0, 0.05) is 5.75 Å². The maximum Gasteiger partial charge on any atom is 0.152 e. The van der Waals surface area contributed by atoms with Crippen LogP contribution in [0.5, 0.6) is 5.75 Å². The van der Waals surface area contributed by atoms with Crippen LogP contribution in [0.3, 0.4) is 0 Å². The molecule has 1 aromatic carbocycles. The number of carbonyl (C=O) groups is 1. The molecule has 6 heteroatoms. The zero-order chi connectivity index (χ0) is 15.5. The van der Waals surface area contributed by atoms with E-state index in [-0.39, 0.29) is 11.8 Å². The highest BCUT2D eigenvalue weighted by Crippen LogP contribution is 2.31. The number of thioether (sulfide) groups is 1. The average molecular weight is 318 g/mol. The molecule has 2 aliphatic heterocycles. The lowest BCUT2D eigenvalue weighted by Gasteiger charge is -2.31. The van der Waals surface area contributed by atoms with Gasteiger partial charge in [-0.2, -0.15) is 0 Å². The van der Waals surface area contributed by atoms with Gasteiger partial charge in [-0.25, -0.2) is 4.99 Å². The van der Waals surface area contributed by atoms with Crippen molar-refractivity contribution in [1.82, 2.24) is 5.32 Å². The normalized spacial score (nSPS) is 23.0. The summed E-state index contributed by atoms with van der Waals surface area (Å²) < 4.78 is 10.7. The van der Waals surface area contributed by atoms with Crippen LogP contribution >= 0.6 is 11.8 Å².